The predicted octanol–water partition coefficient (Wildman–Crippen LogP) is 0.953. The van der Waals surface area contributed by atoms with Gasteiger partial charge < -0.3 is 15.4 Å². The predicted molar refractivity (Wildman–Crippen MR) is 64.7 cm³/mol. The lowest BCUT2D eigenvalue weighted by Crippen LogP contribution is -2.45. The molecule has 96 valence electrons. The van der Waals surface area contributed by atoms with Crippen LogP contribution < -0.4 is 10.6 Å². The molecule has 2 bridgehead atoms. The molecule has 3 aliphatic rings. The molecule has 2 saturated heterocycles. The van der Waals surface area contributed by atoms with E-state index < -0.39 is 0 Å². The molecule has 17 heavy (non-hydrogen) atoms. The summed E-state index contributed by atoms with van der Waals surface area (Å²) in [6, 6.07) is 1.67. The molecule has 3 atom stereocenters. The molecule has 3 rings (SSSR count). The zero-order valence-electron chi connectivity index (χ0n) is 10.4. The Kier molecular flexibility index (Phi) is 3.09. The van der Waals surface area contributed by atoms with E-state index in [0.717, 1.165) is 25.7 Å². The Morgan fingerprint density at radius 1 is 1.24 bits per heavy atom. The Morgan fingerprint density at radius 3 is 2.47 bits per heavy atom. The van der Waals surface area contributed by atoms with Crippen LogP contribution in [0.25, 0.3) is 0 Å². The monoisotopic (exact) mass is 238 g/mol. The maximum Gasteiger partial charge on any atom is 0.249 e. The highest BCUT2D eigenvalue weighted by atomic mass is 16.5. The first-order valence-electron chi connectivity index (χ1n) is 6.92. The lowest BCUT2D eigenvalue weighted by Gasteiger charge is -2.30. The molecule has 2 aliphatic heterocycles. The lowest BCUT2D eigenvalue weighted by molar-refractivity contribution is -0.137. The highest BCUT2D eigenvalue weighted by Crippen LogP contribution is 2.29. The second-order valence-electron chi connectivity index (χ2n) is 5.79. The normalized spacial score (nSPS) is 37.8. The van der Waals surface area contributed by atoms with Gasteiger partial charge in [0, 0.05) is 18.1 Å². The standard InChI is InChI=1S/C13H22N2O2/c1-8(13(16)15-9-2-3-9)17-12-6-10-4-5-11(7-12)14-10/h8-12,14H,2-7H2,1H3,(H,15,16). The molecule has 1 amide bonds. The molecule has 4 heteroatoms. The van der Waals surface area contributed by atoms with Gasteiger partial charge in [-0.1, -0.05) is 0 Å². The fourth-order valence-electron chi connectivity index (χ4n) is 3.01. The van der Waals surface area contributed by atoms with Crippen LogP contribution in [0.4, 0.5) is 0 Å². The van der Waals surface area contributed by atoms with Gasteiger partial charge in [0.15, 0.2) is 0 Å². The highest BCUT2D eigenvalue weighted by molar-refractivity contribution is 5.80. The summed E-state index contributed by atoms with van der Waals surface area (Å²) in [6.07, 6.45) is 6.92. The van der Waals surface area contributed by atoms with E-state index in [-0.39, 0.29) is 18.1 Å². The van der Waals surface area contributed by atoms with Crippen LogP contribution in [0.3, 0.4) is 0 Å². The van der Waals surface area contributed by atoms with E-state index in [0.29, 0.717) is 18.1 Å². The number of ether oxygens (including phenoxy) is 1. The van der Waals surface area contributed by atoms with Gasteiger partial charge in [0.2, 0.25) is 5.91 Å². The van der Waals surface area contributed by atoms with Crippen molar-refractivity contribution in [3.63, 3.8) is 0 Å². The van der Waals surface area contributed by atoms with Crippen LogP contribution in [-0.4, -0.2) is 36.2 Å². The van der Waals surface area contributed by atoms with Crippen molar-refractivity contribution in [3.8, 4) is 0 Å². The largest absolute Gasteiger partial charge is 0.365 e. The Hall–Kier alpha value is -0.610. The van der Waals surface area contributed by atoms with Crippen molar-refractivity contribution < 1.29 is 9.53 Å². The molecule has 0 aromatic rings. The number of carbonyl (C=O) groups excluding carboxylic acids is 1. The minimum absolute atomic E-state index is 0.0679. The minimum Gasteiger partial charge on any atom is -0.365 e. The molecule has 0 spiro atoms. The number of hydrogen-bond donors (Lipinski definition) is 2. The van der Waals surface area contributed by atoms with Crippen molar-refractivity contribution in [1.29, 1.82) is 0 Å². The van der Waals surface area contributed by atoms with E-state index in [1.54, 1.807) is 0 Å². The van der Waals surface area contributed by atoms with E-state index in [2.05, 4.69) is 10.6 Å². The number of rotatable bonds is 4. The summed E-state index contributed by atoms with van der Waals surface area (Å²) in [4.78, 5) is 11.8. The van der Waals surface area contributed by atoms with Gasteiger partial charge in [-0.2, -0.15) is 0 Å². The molecule has 0 aromatic heterocycles. The van der Waals surface area contributed by atoms with Crippen molar-refractivity contribution in [2.24, 2.45) is 0 Å². The molecule has 2 heterocycles. The van der Waals surface area contributed by atoms with Gasteiger partial charge in [-0.05, 0) is 45.4 Å². The van der Waals surface area contributed by atoms with Gasteiger partial charge in [0.05, 0.1) is 6.10 Å². The number of carbonyl (C=O) groups is 1. The number of nitrogens with one attached hydrogen (secondary N) is 2. The molecule has 3 fully saturated rings. The average molecular weight is 238 g/mol. The first kappa shape index (κ1) is 11.5. The summed E-state index contributed by atoms with van der Waals surface area (Å²) in [6.45, 7) is 1.88. The second-order valence-corrected chi connectivity index (χ2v) is 5.79. The molecule has 4 nitrogen and oxygen atoms in total. The van der Waals surface area contributed by atoms with E-state index in [1.165, 1.54) is 12.8 Å². The highest BCUT2D eigenvalue weighted by Gasteiger charge is 2.35. The van der Waals surface area contributed by atoms with Gasteiger partial charge in [-0.25, -0.2) is 0 Å². The Balaban J connectivity index is 1.47. The molecule has 2 N–H and O–H groups in total. The first-order chi connectivity index (χ1) is 8.20. The van der Waals surface area contributed by atoms with E-state index in [9.17, 15) is 4.79 Å². The fourth-order valence-corrected chi connectivity index (χ4v) is 3.01. The number of amides is 1. The van der Waals surface area contributed by atoms with E-state index in [4.69, 9.17) is 4.74 Å². The summed E-state index contributed by atoms with van der Waals surface area (Å²) >= 11 is 0. The van der Waals surface area contributed by atoms with Crippen LogP contribution >= 0.6 is 0 Å². The number of piperidine rings is 1. The van der Waals surface area contributed by atoms with Crippen molar-refractivity contribution in [3.05, 3.63) is 0 Å². The molecule has 1 saturated carbocycles. The lowest BCUT2D eigenvalue weighted by atomic mass is 10.0. The summed E-state index contributed by atoms with van der Waals surface area (Å²) < 4.78 is 5.91. The summed E-state index contributed by atoms with van der Waals surface area (Å²) in [5, 5.41) is 6.59. The molecule has 1 aliphatic carbocycles. The minimum atomic E-state index is -0.293. The maximum absolute atomic E-state index is 11.8. The molecule has 0 radical (unpaired) electrons. The third kappa shape index (κ3) is 2.80. The van der Waals surface area contributed by atoms with Crippen LogP contribution in [0, 0.1) is 0 Å². The summed E-state index contributed by atoms with van der Waals surface area (Å²) in [5.41, 5.74) is 0. The number of hydrogen-bond acceptors (Lipinski definition) is 3. The van der Waals surface area contributed by atoms with Crippen molar-refractivity contribution in [2.75, 3.05) is 0 Å². The zero-order valence-corrected chi connectivity index (χ0v) is 10.4. The quantitative estimate of drug-likeness (QED) is 0.767. The van der Waals surface area contributed by atoms with Gasteiger partial charge in [-0.3, -0.25) is 4.79 Å². The van der Waals surface area contributed by atoms with Gasteiger partial charge in [0.1, 0.15) is 6.10 Å². The zero-order chi connectivity index (χ0) is 11.8. The third-order valence-corrected chi connectivity index (χ3v) is 4.12. The van der Waals surface area contributed by atoms with E-state index >= 15 is 0 Å². The fraction of sp³-hybridized carbons (Fsp3) is 0.923. The average Bonchev–Trinajstić information content (AvgIpc) is 3.04. The Bertz CT molecular complexity index is 292. The molecule has 0 aromatic carbocycles. The maximum atomic E-state index is 11.8. The summed E-state index contributed by atoms with van der Waals surface area (Å²) in [7, 11) is 0. The smallest absolute Gasteiger partial charge is 0.249 e. The van der Waals surface area contributed by atoms with Crippen LogP contribution in [0.15, 0.2) is 0 Å². The third-order valence-electron chi connectivity index (χ3n) is 4.12. The van der Waals surface area contributed by atoms with Crippen molar-refractivity contribution in [2.45, 2.75) is 75.8 Å². The molecular weight excluding hydrogens is 216 g/mol. The van der Waals surface area contributed by atoms with Gasteiger partial charge in [0.25, 0.3) is 0 Å². The van der Waals surface area contributed by atoms with Crippen molar-refractivity contribution >= 4 is 5.91 Å². The molecule has 3 unspecified atom stereocenters. The van der Waals surface area contributed by atoms with Gasteiger partial charge >= 0.3 is 0 Å². The second kappa shape index (κ2) is 4.58. The SMILES string of the molecule is CC(OC1CC2CCC(C1)N2)C(=O)NC1CC1. The first-order valence-corrected chi connectivity index (χ1v) is 6.92. The van der Waals surface area contributed by atoms with E-state index in [1.807, 2.05) is 6.92 Å². The topological polar surface area (TPSA) is 50.4 Å². The van der Waals surface area contributed by atoms with Crippen LogP contribution in [0.5, 0.6) is 0 Å². The van der Waals surface area contributed by atoms with Crippen LogP contribution in [-0.2, 0) is 9.53 Å². The Labute approximate surface area is 102 Å². The van der Waals surface area contributed by atoms with Crippen LogP contribution in [0.1, 0.15) is 45.4 Å². The van der Waals surface area contributed by atoms with Crippen molar-refractivity contribution in [1.82, 2.24) is 10.6 Å². The summed E-state index contributed by atoms with van der Waals surface area (Å²) in [5.74, 6) is 0.0679. The Morgan fingerprint density at radius 2 is 1.88 bits per heavy atom. The molecular formula is C13H22N2O2. The van der Waals surface area contributed by atoms with Crippen LogP contribution in [0.2, 0.25) is 0 Å². The van der Waals surface area contributed by atoms with Gasteiger partial charge in [-0.15, -0.1) is 0 Å². The number of fused-ring (bicyclic) bond motifs is 2.